The molecule has 0 spiro atoms. The highest BCUT2D eigenvalue weighted by atomic mass is 16.5. The minimum atomic E-state index is 0.0803. The molecule has 2 heteroatoms. The Labute approximate surface area is 187 Å². The predicted molar refractivity (Wildman–Crippen MR) is 129 cm³/mol. The summed E-state index contributed by atoms with van der Waals surface area (Å²) in [7, 11) is 0. The van der Waals surface area contributed by atoms with E-state index in [9.17, 15) is 0 Å². The van der Waals surface area contributed by atoms with Gasteiger partial charge in [-0.15, -0.1) is 0 Å². The van der Waals surface area contributed by atoms with E-state index < -0.39 is 0 Å². The number of ether oxygens (including phenoxy) is 1. The van der Waals surface area contributed by atoms with Gasteiger partial charge in [0, 0.05) is 17.5 Å². The molecule has 2 nitrogen and oxygen atoms in total. The number of furan rings is 1. The second-order valence-electron chi connectivity index (χ2n) is 8.15. The molecule has 0 saturated heterocycles. The van der Waals surface area contributed by atoms with Gasteiger partial charge in [-0.1, -0.05) is 97.1 Å². The van der Waals surface area contributed by atoms with E-state index in [0.29, 0.717) is 0 Å². The molecular weight excluding hydrogens is 392 g/mol. The Bertz CT molecular complexity index is 1320. The van der Waals surface area contributed by atoms with Crippen LogP contribution in [0, 0.1) is 0 Å². The summed E-state index contributed by atoms with van der Waals surface area (Å²) in [6.07, 6.45) is 0.996. The van der Waals surface area contributed by atoms with Crippen LogP contribution in [0.4, 0.5) is 0 Å². The first-order valence-corrected chi connectivity index (χ1v) is 10.9. The first kappa shape index (κ1) is 18.7. The van der Waals surface area contributed by atoms with E-state index in [2.05, 4.69) is 84.9 Å². The first-order valence-electron chi connectivity index (χ1n) is 10.9. The van der Waals surface area contributed by atoms with Crippen molar-refractivity contribution >= 4 is 0 Å². The quantitative estimate of drug-likeness (QED) is 0.298. The van der Waals surface area contributed by atoms with E-state index in [1.165, 1.54) is 22.3 Å². The average molecular weight is 415 g/mol. The minimum absolute atomic E-state index is 0.0803. The Morgan fingerprint density at radius 2 is 1.06 bits per heavy atom. The summed E-state index contributed by atoms with van der Waals surface area (Å²) in [5.74, 6) is 2.74. The molecule has 4 aromatic carbocycles. The molecule has 0 aliphatic carbocycles. The maximum absolute atomic E-state index is 6.19. The monoisotopic (exact) mass is 414 g/mol. The van der Waals surface area contributed by atoms with Crippen molar-refractivity contribution in [1.82, 2.24) is 0 Å². The molecule has 1 unspecified atom stereocenters. The highest BCUT2D eigenvalue weighted by molar-refractivity contribution is 5.70. The van der Waals surface area contributed by atoms with Crippen molar-refractivity contribution in [2.45, 2.75) is 12.5 Å². The van der Waals surface area contributed by atoms with Crippen molar-refractivity contribution in [3.8, 4) is 39.5 Å². The molecule has 0 fully saturated rings. The van der Waals surface area contributed by atoms with Crippen molar-refractivity contribution in [1.29, 1.82) is 0 Å². The highest BCUT2D eigenvalue weighted by Gasteiger charge is 2.23. The lowest BCUT2D eigenvalue weighted by molar-refractivity contribution is 0.238. The van der Waals surface area contributed by atoms with Crippen LogP contribution in [0.5, 0.6) is 5.75 Å². The number of hydrogen-bond donors (Lipinski definition) is 0. The van der Waals surface area contributed by atoms with Crippen molar-refractivity contribution < 1.29 is 9.15 Å². The third kappa shape index (κ3) is 3.50. The smallest absolute Gasteiger partial charge is 0.134 e. The average Bonchev–Trinajstić information content (AvgIpc) is 3.53. The van der Waals surface area contributed by atoms with Gasteiger partial charge in [0.2, 0.25) is 0 Å². The molecule has 154 valence electrons. The van der Waals surface area contributed by atoms with Gasteiger partial charge in [0.05, 0.1) is 0 Å². The molecule has 1 aromatic heterocycles. The topological polar surface area (TPSA) is 22.4 Å². The van der Waals surface area contributed by atoms with Crippen molar-refractivity contribution in [3.63, 3.8) is 0 Å². The second-order valence-corrected chi connectivity index (χ2v) is 8.15. The van der Waals surface area contributed by atoms with Gasteiger partial charge in [0.25, 0.3) is 0 Å². The van der Waals surface area contributed by atoms with Gasteiger partial charge in [0.15, 0.2) is 0 Å². The van der Waals surface area contributed by atoms with Crippen LogP contribution in [0.25, 0.3) is 33.8 Å². The fraction of sp³-hybridized carbons (Fsp3) is 0.0667. The fourth-order valence-corrected chi connectivity index (χ4v) is 4.34. The molecule has 0 bridgehead atoms. The third-order valence-corrected chi connectivity index (χ3v) is 6.10. The lowest BCUT2D eigenvalue weighted by atomic mass is 10.0. The standard InChI is InChI=1S/C30H22O2/c1-2-6-21(7-3-1)22-10-12-23(13-11-22)28-18-19-29(31-28)24-14-16-25(17-15-24)30-20-26-8-4-5-9-27(26)32-30/h1-19,30H,20H2. The van der Waals surface area contributed by atoms with Crippen LogP contribution in [0.2, 0.25) is 0 Å². The van der Waals surface area contributed by atoms with Crippen LogP contribution in [0.1, 0.15) is 17.2 Å². The summed E-state index contributed by atoms with van der Waals surface area (Å²) >= 11 is 0. The Morgan fingerprint density at radius 3 is 1.75 bits per heavy atom. The van der Waals surface area contributed by atoms with Crippen LogP contribution in [0.3, 0.4) is 0 Å². The van der Waals surface area contributed by atoms with E-state index in [4.69, 9.17) is 9.15 Å². The first-order chi connectivity index (χ1) is 15.8. The largest absolute Gasteiger partial charge is 0.485 e. The molecule has 6 rings (SSSR count). The predicted octanol–water partition coefficient (Wildman–Crippen LogP) is 7.96. The van der Waals surface area contributed by atoms with Gasteiger partial charge in [-0.05, 0) is 40.5 Å². The van der Waals surface area contributed by atoms with Gasteiger partial charge in [-0.2, -0.15) is 0 Å². The molecule has 1 aliphatic rings. The highest BCUT2D eigenvalue weighted by Crippen LogP contribution is 2.37. The summed E-state index contributed by atoms with van der Waals surface area (Å²) in [4.78, 5) is 0. The molecule has 0 N–H and O–H groups in total. The lowest BCUT2D eigenvalue weighted by Crippen LogP contribution is -2.02. The molecule has 32 heavy (non-hydrogen) atoms. The Balaban J connectivity index is 1.19. The normalized spacial score (nSPS) is 14.7. The molecule has 5 aromatic rings. The van der Waals surface area contributed by atoms with Crippen molar-refractivity contribution in [3.05, 3.63) is 126 Å². The van der Waals surface area contributed by atoms with Crippen molar-refractivity contribution in [2.75, 3.05) is 0 Å². The van der Waals surface area contributed by atoms with Crippen LogP contribution in [-0.4, -0.2) is 0 Å². The lowest BCUT2D eigenvalue weighted by Gasteiger charge is -2.11. The van der Waals surface area contributed by atoms with E-state index in [1.807, 2.05) is 30.3 Å². The van der Waals surface area contributed by atoms with Crippen LogP contribution in [-0.2, 0) is 6.42 Å². The summed E-state index contributed by atoms with van der Waals surface area (Å²) in [6.45, 7) is 0. The zero-order valence-corrected chi connectivity index (χ0v) is 17.6. The SMILES string of the molecule is c1ccc(-c2ccc(-c3ccc(-c4ccc(C5Cc6ccccc6O5)cc4)o3)cc2)cc1. The molecule has 2 heterocycles. The molecule has 1 atom stereocenters. The minimum Gasteiger partial charge on any atom is -0.485 e. The molecule has 1 aliphatic heterocycles. The molecule has 0 amide bonds. The molecular formula is C30H22O2. The molecule has 0 radical (unpaired) electrons. The summed E-state index contributed by atoms with van der Waals surface area (Å²) < 4.78 is 12.3. The number of para-hydroxylation sites is 1. The van der Waals surface area contributed by atoms with E-state index >= 15 is 0 Å². The van der Waals surface area contributed by atoms with E-state index in [0.717, 1.165) is 34.8 Å². The maximum atomic E-state index is 6.19. The zero-order chi connectivity index (χ0) is 21.3. The van der Waals surface area contributed by atoms with Crippen molar-refractivity contribution in [2.24, 2.45) is 0 Å². The number of benzene rings is 4. The number of rotatable bonds is 4. The van der Waals surface area contributed by atoms with E-state index in [-0.39, 0.29) is 6.10 Å². The zero-order valence-electron chi connectivity index (χ0n) is 17.6. The van der Waals surface area contributed by atoms with Crippen LogP contribution < -0.4 is 4.74 Å². The maximum Gasteiger partial charge on any atom is 0.134 e. The third-order valence-electron chi connectivity index (χ3n) is 6.10. The molecule has 0 saturated carbocycles. The fourth-order valence-electron chi connectivity index (χ4n) is 4.34. The van der Waals surface area contributed by atoms with Gasteiger partial charge < -0.3 is 9.15 Å². The Hall–Kier alpha value is -4.04. The van der Waals surface area contributed by atoms with E-state index in [1.54, 1.807) is 0 Å². The van der Waals surface area contributed by atoms with Crippen LogP contribution in [0.15, 0.2) is 120 Å². The van der Waals surface area contributed by atoms with Gasteiger partial charge in [-0.25, -0.2) is 0 Å². The Morgan fingerprint density at radius 1 is 0.500 bits per heavy atom. The summed E-state index contributed by atoms with van der Waals surface area (Å²) in [6, 6.07) is 39.8. The second kappa shape index (κ2) is 7.90. The Kier molecular flexibility index (Phi) is 4.62. The summed E-state index contributed by atoms with van der Waals surface area (Å²) in [5.41, 5.74) is 7.02. The van der Waals surface area contributed by atoms with Gasteiger partial charge >= 0.3 is 0 Å². The van der Waals surface area contributed by atoms with Gasteiger partial charge in [-0.3, -0.25) is 0 Å². The summed E-state index contributed by atoms with van der Waals surface area (Å²) in [5, 5.41) is 0. The number of fused-ring (bicyclic) bond motifs is 1. The number of hydrogen-bond acceptors (Lipinski definition) is 2. The van der Waals surface area contributed by atoms with Crippen LogP contribution >= 0.6 is 0 Å². The van der Waals surface area contributed by atoms with Gasteiger partial charge in [0.1, 0.15) is 23.4 Å².